The maximum atomic E-state index is 10.8. The molecule has 0 amide bonds. The van der Waals surface area contributed by atoms with Gasteiger partial charge in [-0.05, 0) is 119 Å². The summed E-state index contributed by atoms with van der Waals surface area (Å²) < 4.78 is 34.5. The van der Waals surface area contributed by atoms with Gasteiger partial charge in [0.1, 0.15) is 67.7 Å². The Hall–Kier alpha value is -6.30. The number of nitrogens with one attached hydrogen (secondary N) is 2. The number of fused-ring (bicyclic) bond motifs is 2. The fourth-order valence-corrected chi connectivity index (χ4v) is 9.46. The van der Waals surface area contributed by atoms with Gasteiger partial charge in [0.05, 0.1) is 25.4 Å². The van der Waals surface area contributed by atoms with Crippen molar-refractivity contribution in [3.8, 4) is 23.0 Å². The minimum Gasteiger partial charge on any atom is -0.491 e. The zero-order valence-electron chi connectivity index (χ0n) is 46.9. The average molecular weight is 1080 g/mol. The Kier molecular flexibility index (Phi) is 22.7. The molecule has 0 aliphatic carbocycles. The third-order valence-corrected chi connectivity index (χ3v) is 14.3. The molecule has 7 rings (SSSR count). The van der Waals surface area contributed by atoms with E-state index in [0.717, 1.165) is 38.7 Å². The minimum absolute atomic E-state index is 0.0674. The number of rotatable bonds is 34. The van der Waals surface area contributed by atoms with Crippen molar-refractivity contribution in [3.63, 3.8) is 0 Å². The number of benzene rings is 7. The van der Waals surface area contributed by atoms with E-state index in [1.165, 1.54) is 10.8 Å². The van der Waals surface area contributed by atoms with Crippen LogP contribution in [-0.2, 0) is 20.3 Å². The van der Waals surface area contributed by atoms with Gasteiger partial charge in [-0.1, -0.05) is 113 Å². The molecule has 7 aromatic rings. The van der Waals surface area contributed by atoms with E-state index >= 15 is 0 Å². The van der Waals surface area contributed by atoms with Crippen LogP contribution < -0.4 is 29.6 Å². The number of aliphatic hydroxyl groups excluding tert-OH is 5. The number of aliphatic hydroxyl groups is 5. The van der Waals surface area contributed by atoms with E-state index < -0.39 is 30.5 Å². The zero-order valence-corrected chi connectivity index (χ0v) is 46.9. The minimum atomic E-state index is -0.848. The van der Waals surface area contributed by atoms with Crippen molar-refractivity contribution in [1.29, 1.82) is 0 Å². The Morgan fingerprint density at radius 2 is 0.823 bits per heavy atom. The molecule has 0 bridgehead atoms. The molecule has 0 heterocycles. The molecular weight excluding hydrogens is 999 g/mol. The molecule has 79 heavy (non-hydrogen) atoms. The maximum Gasteiger partial charge on any atom is 0.122 e. The van der Waals surface area contributed by atoms with Crippen LogP contribution in [0.3, 0.4) is 0 Å². The van der Waals surface area contributed by atoms with E-state index in [-0.39, 0.29) is 50.5 Å². The summed E-state index contributed by atoms with van der Waals surface area (Å²) in [4.78, 5) is 1.96. The van der Waals surface area contributed by atoms with Crippen LogP contribution in [0.5, 0.6) is 23.0 Å². The Labute approximate surface area is 466 Å². The van der Waals surface area contributed by atoms with Gasteiger partial charge < -0.3 is 64.6 Å². The van der Waals surface area contributed by atoms with Crippen LogP contribution in [0.25, 0.3) is 21.5 Å². The first-order valence-electron chi connectivity index (χ1n) is 27.7. The highest BCUT2D eigenvalue weighted by molar-refractivity contribution is 6.03. The van der Waals surface area contributed by atoms with Gasteiger partial charge in [-0.3, -0.25) is 4.90 Å². The van der Waals surface area contributed by atoms with Gasteiger partial charge in [0, 0.05) is 74.4 Å². The van der Waals surface area contributed by atoms with Gasteiger partial charge in [-0.25, -0.2) is 0 Å². The molecule has 0 fully saturated rings. The quantitative estimate of drug-likeness (QED) is 0.0150. The number of ether oxygens (including phenoxy) is 6. The first-order chi connectivity index (χ1) is 38.1. The smallest absolute Gasteiger partial charge is 0.122 e. The number of hydrogen-bond acceptors (Lipinski definition) is 14. The Balaban J connectivity index is 0.787. The highest BCUT2D eigenvalue weighted by atomic mass is 16.5. The standard InChI is InChI=1S/C65H83N3O11/c1-7-74-40-55(71)38-68(39-56(72)41-75-8-2)33-32-66-36-53(69)42-76-58-24-16-49(17-25-58)64(3,4)51-20-28-60(29-21-51)78-44-57(73)45-79-61-30-22-52(23-31-61)65(5,6)50-18-26-59(27-19-50)77-43-54(70)37-67-63-15-11-14-48-34-46-12-9-10-13-47(46)35-62(48)63/h9-31,34-35,53-57,66-67,69-73H,7-8,32-33,36-45H2,1-6H3. The molecule has 14 nitrogen and oxygen atoms in total. The topological polar surface area (TPSA) is 184 Å². The van der Waals surface area contributed by atoms with Crippen molar-refractivity contribution < 1.29 is 54.0 Å². The molecule has 0 radical (unpaired) electrons. The second-order valence-electron chi connectivity index (χ2n) is 21.3. The summed E-state index contributed by atoms with van der Waals surface area (Å²) >= 11 is 0. The first kappa shape index (κ1) is 60.3. The van der Waals surface area contributed by atoms with Crippen molar-refractivity contribution in [2.24, 2.45) is 0 Å². The SMILES string of the molecule is CCOCC(O)CN(CCNCC(O)COc1ccc(C(C)(C)c2ccc(OCC(O)COc3ccc(C(C)(C)c4ccc(OCC(O)CNc5cccc6cc7ccccc7cc56)cc4)cc3)cc2)cc1)CC(O)COCC. The van der Waals surface area contributed by atoms with Gasteiger partial charge in [-0.15, -0.1) is 0 Å². The molecule has 0 saturated heterocycles. The van der Waals surface area contributed by atoms with E-state index in [1.807, 2.05) is 128 Å². The summed E-state index contributed by atoms with van der Waals surface area (Å²) in [5, 5.41) is 64.3. The molecule has 0 aliphatic heterocycles. The zero-order chi connectivity index (χ0) is 56.2. The second-order valence-corrected chi connectivity index (χ2v) is 21.3. The van der Waals surface area contributed by atoms with E-state index in [1.54, 1.807) is 0 Å². The molecule has 424 valence electrons. The van der Waals surface area contributed by atoms with Crippen LogP contribution in [0, 0.1) is 0 Å². The second kappa shape index (κ2) is 29.8. The van der Waals surface area contributed by atoms with E-state index in [4.69, 9.17) is 28.4 Å². The lowest BCUT2D eigenvalue weighted by atomic mass is 9.78. The average Bonchev–Trinajstić information content (AvgIpc) is 3.51. The fourth-order valence-electron chi connectivity index (χ4n) is 9.46. The van der Waals surface area contributed by atoms with Crippen molar-refractivity contribution >= 4 is 27.2 Å². The van der Waals surface area contributed by atoms with Crippen LogP contribution in [-0.4, -0.2) is 153 Å². The molecule has 7 aromatic carbocycles. The van der Waals surface area contributed by atoms with Crippen LogP contribution in [0.4, 0.5) is 5.69 Å². The van der Waals surface area contributed by atoms with Crippen LogP contribution in [0.1, 0.15) is 63.8 Å². The fraction of sp³-hybridized carbons (Fsp3) is 0.415. The Bertz CT molecular complexity index is 2870. The van der Waals surface area contributed by atoms with Gasteiger partial charge in [0.15, 0.2) is 0 Å². The molecular formula is C65H83N3O11. The molecule has 14 heteroatoms. The number of nitrogens with zero attached hydrogens (tertiary/aromatic N) is 1. The van der Waals surface area contributed by atoms with Crippen molar-refractivity contribution in [2.75, 3.05) is 97.4 Å². The third kappa shape index (κ3) is 18.1. The highest BCUT2D eigenvalue weighted by Gasteiger charge is 2.25. The van der Waals surface area contributed by atoms with E-state index in [2.05, 4.69) is 80.8 Å². The lowest BCUT2D eigenvalue weighted by molar-refractivity contribution is -0.00651. The lowest BCUT2D eigenvalue weighted by Gasteiger charge is -2.27. The molecule has 0 spiro atoms. The normalized spacial score (nSPS) is 14.0. The van der Waals surface area contributed by atoms with Crippen LogP contribution in [0.15, 0.2) is 152 Å². The predicted molar refractivity (Wildman–Crippen MR) is 314 cm³/mol. The summed E-state index contributed by atoms with van der Waals surface area (Å²) in [5.41, 5.74) is 4.73. The molecule has 7 N–H and O–H groups in total. The van der Waals surface area contributed by atoms with Gasteiger partial charge in [0.25, 0.3) is 0 Å². The molecule has 0 aromatic heterocycles. The Morgan fingerprint density at radius 1 is 0.430 bits per heavy atom. The highest BCUT2D eigenvalue weighted by Crippen LogP contribution is 2.35. The Morgan fingerprint density at radius 3 is 1.25 bits per heavy atom. The summed E-state index contributed by atoms with van der Waals surface area (Å²) in [5.74, 6) is 2.63. The van der Waals surface area contributed by atoms with Crippen molar-refractivity contribution in [2.45, 2.75) is 82.9 Å². The summed E-state index contributed by atoms with van der Waals surface area (Å²) in [6, 6.07) is 50.6. The molecule has 5 unspecified atom stereocenters. The molecule has 0 aliphatic rings. The summed E-state index contributed by atoms with van der Waals surface area (Å²) in [7, 11) is 0. The summed E-state index contributed by atoms with van der Waals surface area (Å²) in [6.07, 6.45) is -3.66. The van der Waals surface area contributed by atoms with Crippen LogP contribution >= 0.6 is 0 Å². The van der Waals surface area contributed by atoms with Gasteiger partial charge in [-0.2, -0.15) is 0 Å². The predicted octanol–water partition coefficient (Wildman–Crippen LogP) is 8.74. The monoisotopic (exact) mass is 1080 g/mol. The molecule has 5 atom stereocenters. The summed E-state index contributed by atoms with van der Waals surface area (Å²) in [6.45, 7) is 16.8. The maximum absolute atomic E-state index is 10.8. The molecule has 0 saturated carbocycles. The largest absolute Gasteiger partial charge is 0.491 e. The van der Waals surface area contributed by atoms with E-state index in [0.29, 0.717) is 75.5 Å². The van der Waals surface area contributed by atoms with Crippen molar-refractivity contribution in [1.82, 2.24) is 10.2 Å². The lowest BCUT2D eigenvalue weighted by Crippen LogP contribution is -2.44. The third-order valence-electron chi connectivity index (χ3n) is 14.3. The number of anilines is 1. The van der Waals surface area contributed by atoms with E-state index in [9.17, 15) is 25.5 Å². The van der Waals surface area contributed by atoms with Gasteiger partial charge in [0.2, 0.25) is 0 Å². The number of hydrogen-bond donors (Lipinski definition) is 7. The first-order valence-corrected chi connectivity index (χ1v) is 27.7. The van der Waals surface area contributed by atoms with Crippen LogP contribution in [0.2, 0.25) is 0 Å². The van der Waals surface area contributed by atoms with Crippen molar-refractivity contribution in [3.05, 3.63) is 174 Å². The van der Waals surface area contributed by atoms with Gasteiger partial charge >= 0.3 is 0 Å².